The number of methoxy groups -OCH3 is 1. The lowest BCUT2D eigenvalue weighted by Crippen LogP contribution is -2.16. The highest BCUT2D eigenvalue weighted by Crippen LogP contribution is 2.26. The Hall–Kier alpha value is -3.02. The molecule has 0 atom stereocenters. The summed E-state index contributed by atoms with van der Waals surface area (Å²) < 4.78 is 15.8. The lowest BCUT2D eigenvalue weighted by atomic mass is 10.1. The largest absolute Gasteiger partial charge is 0.495 e. The van der Waals surface area contributed by atoms with Gasteiger partial charge in [0.2, 0.25) is 0 Å². The Balaban J connectivity index is 1.87. The van der Waals surface area contributed by atoms with Gasteiger partial charge in [-0.05, 0) is 55.3 Å². The zero-order valence-electron chi connectivity index (χ0n) is 16.6. The number of benzene rings is 2. The van der Waals surface area contributed by atoms with Crippen LogP contribution < -0.4 is 14.8 Å². The van der Waals surface area contributed by atoms with E-state index < -0.39 is 5.97 Å². The number of nitrogens with one attached hydrogen (secondary N) is 1. The molecule has 0 aliphatic rings. The number of hydrogen-bond donors (Lipinski definition) is 1. The van der Waals surface area contributed by atoms with E-state index in [1.165, 1.54) is 0 Å². The lowest BCUT2D eigenvalue weighted by molar-refractivity contribution is -0.146. The van der Waals surface area contributed by atoms with Crippen molar-refractivity contribution in [2.45, 2.75) is 33.1 Å². The molecule has 0 spiro atoms. The van der Waals surface area contributed by atoms with Crippen LogP contribution in [0.15, 0.2) is 42.5 Å². The third-order valence-electron chi connectivity index (χ3n) is 4.09. The molecular weight excluding hydrogens is 358 g/mol. The predicted molar refractivity (Wildman–Crippen MR) is 108 cm³/mol. The van der Waals surface area contributed by atoms with Gasteiger partial charge in [-0.3, -0.25) is 4.79 Å². The maximum atomic E-state index is 12.5. The van der Waals surface area contributed by atoms with Gasteiger partial charge >= 0.3 is 5.97 Å². The van der Waals surface area contributed by atoms with E-state index in [9.17, 15) is 9.59 Å². The SMILES string of the molecule is CCCCCOC(=O)COc1ccc(C(=O)Nc2cc(C)ccc2OC)cc1. The highest BCUT2D eigenvalue weighted by molar-refractivity contribution is 6.05. The normalized spacial score (nSPS) is 10.2. The van der Waals surface area contributed by atoms with Crippen LogP contribution in [0, 0.1) is 6.92 Å². The van der Waals surface area contributed by atoms with E-state index in [4.69, 9.17) is 14.2 Å². The van der Waals surface area contributed by atoms with Crippen LogP contribution in [0.4, 0.5) is 5.69 Å². The molecular formula is C22H27NO5. The highest BCUT2D eigenvalue weighted by atomic mass is 16.6. The van der Waals surface area contributed by atoms with Crippen LogP contribution in [-0.4, -0.2) is 32.2 Å². The minimum atomic E-state index is -0.399. The Morgan fingerprint density at radius 1 is 1.04 bits per heavy atom. The van der Waals surface area contributed by atoms with Crippen LogP contribution in [0.3, 0.4) is 0 Å². The molecule has 0 fully saturated rings. The van der Waals surface area contributed by atoms with Crippen molar-refractivity contribution in [2.24, 2.45) is 0 Å². The maximum Gasteiger partial charge on any atom is 0.344 e. The van der Waals surface area contributed by atoms with Gasteiger partial charge in [0.15, 0.2) is 6.61 Å². The Morgan fingerprint density at radius 2 is 1.79 bits per heavy atom. The van der Waals surface area contributed by atoms with Gasteiger partial charge in [-0.1, -0.05) is 25.8 Å². The topological polar surface area (TPSA) is 73.9 Å². The second kappa shape index (κ2) is 11.0. The molecule has 0 aliphatic heterocycles. The first kappa shape index (κ1) is 21.3. The molecule has 0 aromatic heterocycles. The van der Waals surface area contributed by atoms with E-state index in [-0.39, 0.29) is 12.5 Å². The smallest absolute Gasteiger partial charge is 0.344 e. The Labute approximate surface area is 165 Å². The fourth-order valence-corrected chi connectivity index (χ4v) is 2.54. The van der Waals surface area contributed by atoms with Crippen molar-refractivity contribution in [3.63, 3.8) is 0 Å². The summed E-state index contributed by atoms with van der Waals surface area (Å²) in [7, 11) is 1.56. The van der Waals surface area contributed by atoms with Crippen LogP contribution >= 0.6 is 0 Å². The van der Waals surface area contributed by atoms with Gasteiger partial charge in [-0.15, -0.1) is 0 Å². The number of hydrogen-bond acceptors (Lipinski definition) is 5. The zero-order valence-corrected chi connectivity index (χ0v) is 16.6. The van der Waals surface area contributed by atoms with Crippen molar-refractivity contribution in [3.05, 3.63) is 53.6 Å². The van der Waals surface area contributed by atoms with Gasteiger partial charge in [0.1, 0.15) is 11.5 Å². The van der Waals surface area contributed by atoms with Crippen LogP contribution in [0.5, 0.6) is 11.5 Å². The molecule has 150 valence electrons. The number of carbonyl (C=O) groups excluding carboxylic acids is 2. The lowest BCUT2D eigenvalue weighted by Gasteiger charge is -2.11. The zero-order chi connectivity index (χ0) is 20.4. The fraction of sp³-hybridized carbons (Fsp3) is 0.364. The number of carbonyl (C=O) groups is 2. The summed E-state index contributed by atoms with van der Waals surface area (Å²) in [6, 6.07) is 12.1. The number of aryl methyl sites for hydroxylation is 1. The molecule has 0 aliphatic carbocycles. The summed E-state index contributed by atoms with van der Waals surface area (Å²) in [6.45, 7) is 4.29. The van der Waals surface area contributed by atoms with E-state index in [1.807, 2.05) is 25.1 Å². The summed E-state index contributed by atoms with van der Waals surface area (Å²) in [5, 5.41) is 2.84. The molecule has 6 heteroatoms. The summed E-state index contributed by atoms with van der Waals surface area (Å²) in [5.74, 6) is 0.432. The fourth-order valence-electron chi connectivity index (χ4n) is 2.54. The second-order valence-corrected chi connectivity index (χ2v) is 6.40. The first-order valence-corrected chi connectivity index (χ1v) is 9.38. The van der Waals surface area contributed by atoms with Crippen LogP contribution in [0.1, 0.15) is 42.1 Å². The number of rotatable bonds is 10. The number of amides is 1. The van der Waals surface area contributed by atoms with Crippen molar-refractivity contribution in [1.29, 1.82) is 0 Å². The number of anilines is 1. The summed E-state index contributed by atoms with van der Waals surface area (Å²) >= 11 is 0. The first-order chi connectivity index (χ1) is 13.5. The monoisotopic (exact) mass is 385 g/mol. The van der Waals surface area contributed by atoms with Gasteiger partial charge in [0.25, 0.3) is 5.91 Å². The van der Waals surface area contributed by atoms with E-state index in [0.29, 0.717) is 29.4 Å². The molecule has 0 saturated heterocycles. The second-order valence-electron chi connectivity index (χ2n) is 6.40. The van der Waals surface area contributed by atoms with Gasteiger partial charge in [-0.2, -0.15) is 0 Å². The Kier molecular flexibility index (Phi) is 8.34. The summed E-state index contributed by atoms with van der Waals surface area (Å²) in [6.07, 6.45) is 2.97. The average molecular weight is 385 g/mol. The van der Waals surface area contributed by atoms with E-state index >= 15 is 0 Å². The van der Waals surface area contributed by atoms with Crippen molar-refractivity contribution in [2.75, 3.05) is 25.6 Å². The average Bonchev–Trinajstić information content (AvgIpc) is 2.70. The Morgan fingerprint density at radius 3 is 2.46 bits per heavy atom. The number of unbranched alkanes of at least 4 members (excludes halogenated alkanes) is 2. The molecule has 0 radical (unpaired) electrons. The van der Waals surface area contributed by atoms with E-state index in [2.05, 4.69) is 12.2 Å². The van der Waals surface area contributed by atoms with Gasteiger partial charge in [-0.25, -0.2) is 4.79 Å². The quantitative estimate of drug-likeness (QED) is 0.486. The highest BCUT2D eigenvalue weighted by Gasteiger charge is 2.11. The van der Waals surface area contributed by atoms with Crippen molar-refractivity contribution < 1.29 is 23.8 Å². The van der Waals surface area contributed by atoms with Crippen LogP contribution in [0.2, 0.25) is 0 Å². The third-order valence-corrected chi connectivity index (χ3v) is 4.09. The van der Waals surface area contributed by atoms with Crippen LogP contribution in [-0.2, 0) is 9.53 Å². The summed E-state index contributed by atoms with van der Waals surface area (Å²) in [4.78, 5) is 24.1. The standard InChI is InChI=1S/C22H27NO5/c1-4-5-6-13-27-21(24)15-28-18-10-8-17(9-11-18)22(25)23-19-14-16(2)7-12-20(19)26-3/h7-12,14H,4-6,13,15H2,1-3H3,(H,23,25). The van der Waals surface area contributed by atoms with E-state index in [0.717, 1.165) is 24.8 Å². The molecule has 0 heterocycles. The number of esters is 1. The molecule has 0 bridgehead atoms. The molecule has 0 saturated carbocycles. The van der Waals surface area contributed by atoms with Crippen molar-refractivity contribution in [1.82, 2.24) is 0 Å². The molecule has 6 nitrogen and oxygen atoms in total. The van der Waals surface area contributed by atoms with Crippen molar-refractivity contribution in [3.8, 4) is 11.5 Å². The maximum absolute atomic E-state index is 12.5. The van der Waals surface area contributed by atoms with Crippen molar-refractivity contribution >= 4 is 17.6 Å². The Bertz CT molecular complexity index is 786. The predicted octanol–water partition coefficient (Wildman–Crippen LogP) is 4.37. The number of ether oxygens (including phenoxy) is 3. The minimum Gasteiger partial charge on any atom is -0.495 e. The molecule has 2 aromatic rings. The summed E-state index contributed by atoms with van der Waals surface area (Å²) in [5.41, 5.74) is 2.10. The molecule has 0 unspecified atom stereocenters. The van der Waals surface area contributed by atoms with E-state index in [1.54, 1.807) is 31.4 Å². The molecule has 1 amide bonds. The molecule has 1 N–H and O–H groups in total. The minimum absolute atomic E-state index is 0.155. The third kappa shape index (κ3) is 6.61. The van der Waals surface area contributed by atoms with Gasteiger partial charge < -0.3 is 19.5 Å². The van der Waals surface area contributed by atoms with Crippen LogP contribution in [0.25, 0.3) is 0 Å². The first-order valence-electron chi connectivity index (χ1n) is 9.38. The van der Waals surface area contributed by atoms with Gasteiger partial charge in [0.05, 0.1) is 19.4 Å². The molecule has 2 rings (SSSR count). The molecule has 2 aromatic carbocycles. The van der Waals surface area contributed by atoms with Gasteiger partial charge in [0, 0.05) is 5.56 Å². The molecule has 28 heavy (non-hydrogen) atoms.